The topological polar surface area (TPSA) is 85.3 Å². The van der Waals surface area contributed by atoms with E-state index < -0.39 is 30.8 Å². The molecule has 0 aliphatic heterocycles. The Morgan fingerprint density at radius 1 is 1.00 bits per heavy atom. The number of aliphatic carboxylic acids is 1. The molecular weight excluding hydrogens is 491 g/mol. The number of rotatable bonds is 15. The van der Waals surface area contributed by atoms with Crippen LogP contribution in [0.3, 0.4) is 0 Å². The average Bonchev–Trinajstić information content (AvgIpc) is 2.82. The third kappa shape index (κ3) is 12.0. The van der Waals surface area contributed by atoms with E-state index in [0.717, 1.165) is 11.1 Å². The fourth-order valence-electron chi connectivity index (χ4n) is 3.57. The zero-order chi connectivity index (χ0) is 27.3. The lowest BCUT2D eigenvalue weighted by Gasteiger charge is -2.22. The van der Waals surface area contributed by atoms with Gasteiger partial charge in [-0.15, -0.1) is 0 Å². The summed E-state index contributed by atoms with van der Waals surface area (Å²) in [5.41, 5.74) is 1.70. The van der Waals surface area contributed by atoms with Crippen molar-refractivity contribution in [1.29, 1.82) is 0 Å². The maximum Gasteiger partial charge on any atom is 0.415 e. The van der Waals surface area contributed by atoms with Crippen molar-refractivity contribution in [3.05, 3.63) is 59.7 Å². The lowest BCUT2D eigenvalue weighted by Crippen LogP contribution is -2.37. The number of halogens is 3. The highest BCUT2D eigenvalue weighted by Crippen LogP contribution is 2.23. The second-order valence-electron chi connectivity index (χ2n) is 8.58. The van der Waals surface area contributed by atoms with Crippen LogP contribution in [0, 0.1) is 6.92 Å². The van der Waals surface area contributed by atoms with E-state index >= 15 is 0 Å². The maximum absolute atomic E-state index is 12.8. The third-order valence-electron chi connectivity index (χ3n) is 5.46. The van der Waals surface area contributed by atoms with Gasteiger partial charge in [-0.05, 0) is 62.1 Å². The first kappa shape index (κ1) is 30.0. The summed E-state index contributed by atoms with van der Waals surface area (Å²) in [4.78, 5) is 25.4. The Morgan fingerprint density at radius 3 is 2.35 bits per heavy atom. The Kier molecular flexibility index (Phi) is 12.2. The van der Waals surface area contributed by atoms with Crippen LogP contribution in [0.5, 0.6) is 11.5 Å². The highest BCUT2D eigenvalue weighted by molar-refractivity contribution is 5.72. The maximum atomic E-state index is 12.8. The summed E-state index contributed by atoms with van der Waals surface area (Å²) < 4.78 is 53.6. The van der Waals surface area contributed by atoms with Crippen LogP contribution in [-0.4, -0.2) is 60.7 Å². The zero-order valence-corrected chi connectivity index (χ0v) is 21.1. The summed E-state index contributed by atoms with van der Waals surface area (Å²) in [7, 11) is 0. The normalized spacial score (nSPS) is 12.1. The number of hydrogen-bond acceptors (Lipinski definition) is 5. The number of hydrogen-bond donors (Lipinski definition) is 1. The van der Waals surface area contributed by atoms with Gasteiger partial charge in [0.2, 0.25) is 0 Å². The summed E-state index contributed by atoms with van der Waals surface area (Å²) in [5.74, 6) is -0.113. The first-order valence-corrected chi connectivity index (χ1v) is 12.2. The molecule has 1 N–H and O–H groups in total. The van der Waals surface area contributed by atoms with E-state index in [1.54, 1.807) is 49.4 Å². The van der Waals surface area contributed by atoms with Gasteiger partial charge in [-0.1, -0.05) is 30.7 Å². The van der Waals surface area contributed by atoms with E-state index in [9.17, 15) is 27.9 Å². The summed E-state index contributed by atoms with van der Waals surface area (Å²) >= 11 is 0. The minimum atomic E-state index is -4.19. The van der Waals surface area contributed by atoms with Crippen molar-refractivity contribution in [3.8, 4) is 11.5 Å². The van der Waals surface area contributed by atoms with Crippen LogP contribution >= 0.6 is 0 Å². The molecule has 37 heavy (non-hydrogen) atoms. The number of carboxylic acid groups (broad SMARTS) is 1. The van der Waals surface area contributed by atoms with Crippen molar-refractivity contribution in [2.24, 2.45) is 0 Å². The van der Waals surface area contributed by atoms with Gasteiger partial charge >= 0.3 is 18.2 Å². The van der Waals surface area contributed by atoms with Crippen LogP contribution < -0.4 is 9.47 Å². The van der Waals surface area contributed by atoms with Crippen molar-refractivity contribution in [2.45, 2.75) is 58.2 Å². The van der Waals surface area contributed by atoms with Gasteiger partial charge in [0, 0.05) is 26.0 Å². The molecule has 10 heteroatoms. The van der Waals surface area contributed by atoms with Gasteiger partial charge in [0.25, 0.3) is 0 Å². The van der Waals surface area contributed by atoms with E-state index in [-0.39, 0.29) is 32.5 Å². The van der Waals surface area contributed by atoms with Crippen molar-refractivity contribution in [3.63, 3.8) is 0 Å². The quantitative estimate of drug-likeness (QED) is 0.286. The lowest BCUT2D eigenvalue weighted by molar-refractivity contribution is -0.150. The second-order valence-corrected chi connectivity index (χ2v) is 8.58. The summed E-state index contributed by atoms with van der Waals surface area (Å²) in [6.45, 7) is 4.45. The van der Waals surface area contributed by atoms with E-state index in [2.05, 4.69) is 0 Å². The first-order valence-electron chi connectivity index (χ1n) is 12.2. The van der Waals surface area contributed by atoms with Gasteiger partial charge in [0.05, 0.1) is 6.54 Å². The molecule has 7 nitrogen and oxygen atoms in total. The number of carbonyl (C=O) groups excluding carboxylic acids is 1. The van der Waals surface area contributed by atoms with Crippen LogP contribution in [-0.2, 0) is 16.0 Å². The van der Waals surface area contributed by atoms with Gasteiger partial charge in [-0.3, -0.25) is 0 Å². The molecule has 0 aliphatic rings. The van der Waals surface area contributed by atoms with Gasteiger partial charge in [-0.25, -0.2) is 9.59 Å². The molecule has 1 amide bonds. The molecule has 1 unspecified atom stereocenters. The number of nitrogens with zero attached hydrogens (tertiary/aromatic N) is 1. The molecule has 2 aromatic carbocycles. The molecular formula is C27H34F3NO6. The monoisotopic (exact) mass is 525 g/mol. The highest BCUT2D eigenvalue weighted by atomic mass is 19.4. The molecule has 2 rings (SSSR count). The minimum absolute atomic E-state index is 0.000845. The number of ether oxygens (including phenoxy) is 3. The number of aryl methyl sites for hydroxylation is 1. The Labute approximate surface area is 215 Å². The molecule has 0 spiro atoms. The van der Waals surface area contributed by atoms with Gasteiger partial charge in [-0.2, -0.15) is 13.2 Å². The SMILES string of the molecule is CCOC(Cc1ccc(OCCN(CCCCCC(F)(F)F)C(=O)Oc2cccc(C)c2)cc1)C(=O)O. The van der Waals surface area contributed by atoms with Crippen molar-refractivity contribution >= 4 is 12.1 Å². The smallest absolute Gasteiger partial charge is 0.415 e. The zero-order valence-electron chi connectivity index (χ0n) is 21.1. The van der Waals surface area contributed by atoms with Crippen LogP contribution in [0.2, 0.25) is 0 Å². The molecule has 1 atom stereocenters. The Morgan fingerprint density at radius 2 is 1.73 bits per heavy atom. The van der Waals surface area contributed by atoms with Gasteiger partial charge in [0.1, 0.15) is 18.1 Å². The first-order chi connectivity index (χ1) is 17.6. The number of carbonyl (C=O) groups is 2. The highest BCUT2D eigenvalue weighted by Gasteiger charge is 2.26. The molecule has 0 bridgehead atoms. The van der Waals surface area contributed by atoms with Crippen LogP contribution in [0.15, 0.2) is 48.5 Å². The Balaban J connectivity index is 1.91. The van der Waals surface area contributed by atoms with E-state index in [4.69, 9.17) is 14.2 Å². The summed E-state index contributed by atoms with van der Waals surface area (Å²) in [6, 6.07) is 13.9. The Bertz CT molecular complexity index is 981. The van der Waals surface area contributed by atoms with Crippen LogP contribution in [0.4, 0.5) is 18.0 Å². The number of benzene rings is 2. The third-order valence-corrected chi connectivity index (χ3v) is 5.46. The molecule has 0 aromatic heterocycles. The number of amides is 1. The fraction of sp³-hybridized carbons (Fsp3) is 0.481. The van der Waals surface area contributed by atoms with Crippen molar-refractivity contribution in [2.75, 3.05) is 26.3 Å². The van der Waals surface area contributed by atoms with Crippen molar-refractivity contribution in [1.82, 2.24) is 4.90 Å². The van der Waals surface area contributed by atoms with Gasteiger partial charge in [0.15, 0.2) is 6.10 Å². The van der Waals surface area contributed by atoms with Crippen molar-refractivity contribution < 1.29 is 42.1 Å². The summed E-state index contributed by atoms with van der Waals surface area (Å²) in [6.07, 6.45) is -5.62. The number of unbranched alkanes of at least 4 members (excludes halogenated alkanes) is 2. The number of alkyl halides is 3. The molecule has 204 valence electrons. The lowest BCUT2D eigenvalue weighted by atomic mass is 10.1. The second kappa shape index (κ2) is 15.1. The van der Waals surface area contributed by atoms with Gasteiger partial charge < -0.3 is 24.2 Å². The minimum Gasteiger partial charge on any atom is -0.492 e. The average molecular weight is 526 g/mol. The standard InChI is InChI=1S/C27H34F3NO6/c1-3-35-24(25(32)33)19-21-10-12-22(13-11-21)36-17-16-31(15-6-4-5-14-27(28,29)30)26(34)37-23-9-7-8-20(2)18-23/h7-13,18,24H,3-6,14-17,19H2,1-2H3,(H,32,33). The van der Waals surface area contributed by atoms with Crippen LogP contribution in [0.1, 0.15) is 43.7 Å². The summed E-state index contributed by atoms with van der Waals surface area (Å²) in [5, 5.41) is 9.22. The molecule has 0 saturated carbocycles. The molecule has 0 radical (unpaired) electrons. The molecule has 0 saturated heterocycles. The molecule has 0 fully saturated rings. The fourth-order valence-corrected chi connectivity index (χ4v) is 3.57. The Hall–Kier alpha value is -3.27. The predicted molar refractivity (Wildman–Crippen MR) is 132 cm³/mol. The largest absolute Gasteiger partial charge is 0.492 e. The molecule has 2 aromatic rings. The molecule has 0 heterocycles. The van der Waals surface area contributed by atoms with E-state index in [0.29, 0.717) is 30.9 Å². The van der Waals surface area contributed by atoms with E-state index in [1.165, 1.54) is 4.90 Å². The predicted octanol–water partition coefficient (Wildman–Crippen LogP) is 6.03. The molecule has 0 aliphatic carbocycles. The van der Waals surface area contributed by atoms with Crippen LogP contribution in [0.25, 0.3) is 0 Å². The van der Waals surface area contributed by atoms with E-state index in [1.807, 2.05) is 13.0 Å². The number of carboxylic acids is 1.